The lowest BCUT2D eigenvalue weighted by Gasteiger charge is -2.08. The number of nitrogens with zero attached hydrogens (tertiary/aromatic N) is 2. The summed E-state index contributed by atoms with van der Waals surface area (Å²) in [4.78, 5) is 8.81. The summed E-state index contributed by atoms with van der Waals surface area (Å²) in [6, 6.07) is 14.7. The number of phenolic OH excluding ortho intramolecular Hbond substituents is 1. The Balaban J connectivity index is 2.17. The largest absolute Gasteiger partial charge is 0.508 e. The highest BCUT2D eigenvalue weighted by molar-refractivity contribution is 6.30. The second-order valence-electron chi connectivity index (χ2n) is 4.19. The Morgan fingerprint density at radius 2 is 1.74 bits per heavy atom. The summed E-state index contributed by atoms with van der Waals surface area (Å²) in [5.41, 5.74) is 2.98. The van der Waals surface area contributed by atoms with Gasteiger partial charge in [-0.15, -0.1) is 0 Å². The van der Waals surface area contributed by atoms with Crippen molar-refractivity contribution < 1.29 is 5.11 Å². The number of hydrogen-bond acceptors (Lipinski definition) is 3. The van der Waals surface area contributed by atoms with Crippen LogP contribution in [0, 0.1) is 0 Å². The molecule has 1 aliphatic heterocycles. The minimum absolute atomic E-state index is 0.227. The van der Waals surface area contributed by atoms with Crippen LogP contribution in [0.25, 0.3) is 0 Å². The van der Waals surface area contributed by atoms with Gasteiger partial charge in [0.1, 0.15) is 5.75 Å². The third kappa shape index (κ3) is 2.37. The number of aromatic hydroxyl groups is 1. The highest BCUT2D eigenvalue weighted by Gasteiger charge is 2.15. The van der Waals surface area contributed by atoms with Gasteiger partial charge >= 0.3 is 0 Å². The normalized spacial score (nSPS) is 17.5. The van der Waals surface area contributed by atoms with E-state index in [-0.39, 0.29) is 5.75 Å². The molecule has 94 valence electrons. The topological polar surface area (TPSA) is 45.0 Å². The van der Waals surface area contributed by atoms with Crippen molar-refractivity contribution in [2.75, 3.05) is 0 Å². The molecule has 2 aromatic carbocycles. The first-order chi connectivity index (χ1) is 9.24. The molecule has 0 bridgehead atoms. The average Bonchev–Trinajstić information content (AvgIpc) is 2.60. The molecule has 0 radical (unpaired) electrons. The van der Waals surface area contributed by atoms with Gasteiger partial charge in [-0.25, -0.2) is 0 Å². The zero-order chi connectivity index (χ0) is 13.2. The summed E-state index contributed by atoms with van der Waals surface area (Å²) in [6.45, 7) is 0. The molecule has 0 amide bonds. The SMILES string of the molecule is Oc1ccc(C2=NC(Cl)C=Nc3ccccc32)cc1. The summed E-state index contributed by atoms with van der Waals surface area (Å²) in [7, 11) is 0. The smallest absolute Gasteiger partial charge is 0.159 e. The molecule has 19 heavy (non-hydrogen) atoms. The van der Waals surface area contributed by atoms with Crippen LogP contribution in [-0.2, 0) is 0 Å². The molecule has 0 fully saturated rings. The quantitative estimate of drug-likeness (QED) is 0.625. The lowest BCUT2D eigenvalue weighted by atomic mass is 10.0. The molecule has 1 atom stereocenters. The molecule has 3 rings (SSSR count). The maximum atomic E-state index is 9.37. The van der Waals surface area contributed by atoms with Gasteiger partial charge in [-0.05, 0) is 30.3 Å². The standard InChI is InChI=1S/C15H11ClN2O/c16-14-9-17-13-4-2-1-3-12(13)15(18-14)10-5-7-11(19)8-6-10/h1-9,14,19H. The van der Waals surface area contributed by atoms with Crippen molar-refractivity contribution in [3.8, 4) is 5.75 Å². The van der Waals surface area contributed by atoms with Gasteiger partial charge in [0.2, 0.25) is 0 Å². The molecule has 0 saturated heterocycles. The number of alkyl halides is 1. The highest BCUT2D eigenvalue weighted by Crippen LogP contribution is 2.26. The van der Waals surface area contributed by atoms with Crippen molar-refractivity contribution in [2.24, 2.45) is 9.98 Å². The molecule has 1 aliphatic rings. The summed E-state index contributed by atoms with van der Waals surface area (Å²) < 4.78 is 0. The van der Waals surface area contributed by atoms with Gasteiger partial charge < -0.3 is 5.11 Å². The van der Waals surface area contributed by atoms with Crippen molar-refractivity contribution in [2.45, 2.75) is 5.50 Å². The average molecular weight is 271 g/mol. The van der Waals surface area contributed by atoms with Crippen molar-refractivity contribution in [3.05, 3.63) is 59.7 Å². The van der Waals surface area contributed by atoms with Gasteiger partial charge in [0.05, 0.1) is 11.4 Å². The fourth-order valence-corrected chi connectivity index (χ4v) is 2.16. The maximum absolute atomic E-state index is 9.37. The van der Waals surface area contributed by atoms with Crippen LogP contribution >= 0.6 is 11.6 Å². The molecule has 1 N–H and O–H groups in total. The van der Waals surface area contributed by atoms with Gasteiger partial charge in [0.15, 0.2) is 5.50 Å². The van der Waals surface area contributed by atoms with E-state index in [2.05, 4.69) is 9.98 Å². The monoisotopic (exact) mass is 270 g/mol. The molecule has 1 unspecified atom stereocenters. The van der Waals surface area contributed by atoms with Crippen LogP contribution in [0.1, 0.15) is 11.1 Å². The Bertz CT molecular complexity index is 662. The van der Waals surface area contributed by atoms with Crippen LogP contribution < -0.4 is 0 Å². The minimum Gasteiger partial charge on any atom is -0.508 e. The van der Waals surface area contributed by atoms with Crippen LogP contribution in [0.3, 0.4) is 0 Å². The third-order valence-electron chi connectivity index (χ3n) is 2.89. The molecule has 0 aliphatic carbocycles. The number of hydrogen-bond donors (Lipinski definition) is 1. The second-order valence-corrected chi connectivity index (χ2v) is 4.64. The molecule has 2 aromatic rings. The van der Waals surface area contributed by atoms with Gasteiger partial charge in [0.25, 0.3) is 0 Å². The minimum atomic E-state index is -0.490. The van der Waals surface area contributed by atoms with Crippen molar-refractivity contribution >= 4 is 29.2 Å². The van der Waals surface area contributed by atoms with Crippen LogP contribution in [0.4, 0.5) is 5.69 Å². The van der Waals surface area contributed by atoms with E-state index >= 15 is 0 Å². The zero-order valence-corrected chi connectivity index (χ0v) is 10.7. The lowest BCUT2D eigenvalue weighted by Crippen LogP contribution is -2.06. The number of benzene rings is 2. The first kappa shape index (κ1) is 11.9. The molecule has 0 aromatic heterocycles. The second kappa shape index (κ2) is 4.86. The number of phenols is 1. The fraction of sp³-hybridized carbons (Fsp3) is 0.0667. The lowest BCUT2D eigenvalue weighted by molar-refractivity contribution is 0.475. The Kier molecular flexibility index (Phi) is 3.05. The summed E-state index contributed by atoms with van der Waals surface area (Å²) in [5.74, 6) is 0.227. The van der Waals surface area contributed by atoms with Gasteiger partial charge in [0, 0.05) is 17.3 Å². The number of para-hydroxylation sites is 1. The first-order valence-corrected chi connectivity index (χ1v) is 6.32. The molecular weight excluding hydrogens is 260 g/mol. The Hall–Kier alpha value is -2.13. The van der Waals surface area contributed by atoms with E-state index in [0.717, 1.165) is 22.5 Å². The molecule has 4 heteroatoms. The zero-order valence-electron chi connectivity index (χ0n) is 9.99. The van der Waals surface area contributed by atoms with Crippen LogP contribution in [0.15, 0.2) is 58.5 Å². The van der Waals surface area contributed by atoms with E-state index in [1.54, 1.807) is 18.3 Å². The Morgan fingerprint density at radius 1 is 1.00 bits per heavy atom. The number of fused-ring (bicyclic) bond motifs is 1. The van der Waals surface area contributed by atoms with Crippen molar-refractivity contribution in [3.63, 3.8) is 0 Å². The molecule has 0 saturated carbocycles. The highest BCUT2D eigenvalue weighted by atomic mass is 35.5. The van der Waals surface area contributed by atoms with E-state index < -0.39 is 5.50 Å². The van der Waals surface area contributed by atoms with E-state index in [9.17, 15) is 5.11 Å². The predicted molar refractivity (Wildman–Crippen MR) is 78.0 cm³/mol. The van der Waals surface area contributed by atoms with E-state index in [1.165, 1.54) is 0 Å². The predicted octanol–water partition coefficient (Wildman–Crippen LogP) is 3.51. The number of rotatable bonds is 1. The van der Waals surface area contributed by atoms with Gasteiger partial charge in [-0.3, -0.25) is 9.98 Å². The Morgan fingerprint density at radius 3 is 2.53 bits per heavy atom. The molecule has 0 spiro atoms. The van der Waals surface area contributed by atoms with E-state index in [1.807, 2.05) is 36.4 Å². The van der Waals surface area contributed by atoms with Crippen LogP contribution in [-0.4, -0.2) is 22.5 Å². The Labute approximate surface area is 115 Å². The van der Waals surface area contributed by atoms with Gasteiger partial charge in [-0.2, -0.15) is 0 Å². The van der Waals surface area contributed by atoms with Crippen LogP contribution in [0.2, 0.25) is 0 Å². The van der Waals surface area contributed by atoms with Gasteiger partial charge in [-0.1, -0.05) is 29.8 Å². The third-order valence-corrected chi connectivity index (χ3v) is 3.10. The fourth-order valence-electron chi connectivity index (χ4n) is 2.00. The number of aliphatic imine (C=N–C) groups is 2. The summed E-state index contributed by atoms with van der Waals surface area (Å²) in [6.07, 6.45) is 1.62. The van der Waals surface area contributed by atoms with E-state index in [0.29, 0.717) is 0 Å². The number of halogens is 1. The van der Waals surface area contributed by atoms with Crippen molar-refractivity contribution in [1.29, 1.82) is 0 Å². The van der Waals surface area contributed by atoms with Crippen LogP contribution in [0.5, 0.6) is 5.75 Å². The van der Waals surface area contributed by atoms with E-state index in [4.69, 9.17) is 11.6 Å². The first-order valence-electron chi connectivity index (χ1n) is 5.89. The molecule has 3 nitrogen and oxygen atoms in total. The maximum Gasteiger partial charge on any atom is 0.159 e. The molecular formula is C15H11ClN2O. The molecule has 1 heterocycles. The summed E-state index contributed by atoms with van der Waals surface area (Å²) >= 11 is 6.10. The van der Waals surface area contributed by atoms with Crippen molar-refractivity contribution in [1.82, 2.24) is 0 Å². The summed E-state index contributed by atoms with van der Waals surface area (Å²) in [5, 5.41) is 9.37.